The minimum atomic E-state index is -0.202. The van der Waals surface area contributed by atoms with E-state index in [4.69, 9.17) is 4.74 Å². The van der Waals surface area contributed by atoms with Crippen LogP contribution in [0, 0.1) is 0 Å². The van der Waals surface area contributed by atoms with Crippen LogP contribution in [0.25, 0.3) is 0 Å². The summed E-state index contributed by atoms with van der Waals surface area (Å²) in [4.78, 5) is 19.9. The van der Waals surface area contributed by atoms with Crippen LogP contribution in [0.4, 0.5) is 0 Å². The van der Waals surface area contributed by atoms with Crippen molar-refractivity contribution in [2.75, 3.05) is 7.11 Å². The fourth-order valence-electron chi connectivity index (χ4n) is 1.52. The van der Waals surface area contributed by atoms with Gasteiger partial charge in [-0.25, -0.2) is 0 Å². The Morgan fingerprint density at radius 2 is 2.33 bits per heavy atom. The van der Waals surface area contributed by atoms with Crippen LogP contribution in [0.5, 0.6) is 0 Å². The molecule has 0 aromatic carbocycles. The number of pyridine rings is 1. The first-order chi connectivity index (χ1) is 8.81. The fourth-order valence-corrected chi connectivity index (χ4v) is 1.52. The van der Waals surface area contributed by atoms with Crippen LogP contribution in [0.15, 0.2) is 34.2 Å². The second kappa shape index (κ2) is 5.92. The van der Waals surface area contributed by atoms with E-state index in [1.807, 2.05) is 18.2 Å². The van der Waals surface area contributed by atoms with Crippen molar-refractivity contribution < 1.29 is 4.74 Å². The molecule has 6 heteroatoms. The van der Waals surface area contributed by atoms with Gasteiger partial charge < -0.3 is 4.74 Å². The smallest absolute Gasteiger partial charge is 0.273 e. The lowest BCUT2D eigenvalue weighted by Crippen LogP contribution is -2.06. The Morgan fingerprint density at radius 3 is 3.06 bits per heavy atom. The van der Waals surface area contributed by atoms with Gasteiger partial charge in [-0.3, -0.25) is 25.0 Å². The number of aromatic amines is 2. The molecule has 0 aliphatic heterocycles. The van der Waals surface area contributed by atoms with Gasteiger partial charge in [-0.2, -0.15) is 0 Å². The standard InChI is InChI=1S/C12H14N4O2/c1-18-8-11-10(12(17)16-15-11)7-13-6-9-4-2-3-5-14-9/h2-5,7H,6,8H2,1H3,(H2,15,16,17). The van der Waals surface area contributed by atoms with E-state index in [0.29, 0.717) is 24.4 Å². The highest BCUT2D eigenvalue weighted by molar-refractivity contribution is 5.80. The molecule has 0 aliphatic rings. The molecule has 0 bridgehead atoms. The number of nitrogens with one attached hydrogen (secondary N) is 2. The van der Waals surface area contributed by atoms with E-state index in [1.54, 1.807) is 19.5 Å². The number of hydrogen-bond donors (Lipinski definition) is 2. The van der Waals surface area contributed by atoms with E-state index in [1.165, 1.54) is 0 Å². The lowest BCUT2D eigenvalue weighted by atomic mass is 10.2. The second-order valence-electron chi connectivity index (χ2n) is 3.70. The van der Waals surface area contributed by atoms with Gasteiger partial charge in [0, 0.05) is 19.5 Å². The van der Waals surface area contributed by atoms with Gasteiger partial charge in [-0.1, -0.05) is 6.07 Å². The van der Waals surface area contributed by atoms with E-state index in [9.17, 15) is 4.79 Å². The molecule has 0 aliphatic carbocycles. The number of methoxy groups -OCH3 is 1. The third kappa shape index (κ3) is 2.92. The Kier molecular flexibility index (Phi) is 4.03. The highest BCUT2D eigenvalue weighted by Gasteiger charge is 2.06. The van der Waals surface area contributed by atoms with Crippen LogP contribution in [0.3, 0.4) is 0 Å². The third-order valence-electron chi connectivity index (χ3n) is 2.39. The monoisotopic (exact) mass is 246 g/mol. The summed E-state index contributed by atoms with van der Waals surface area (Å²) in [5, 5.41) is 5.26. The number of hydrogen-bond acceptors (Lipinski definition) is 4. The van der Waals surface area contributed by atoms with Gasteiger partial charge in [-0.15, -0.1) is 0 Å². The third-order valence-corrected chi connectivity index (χ3v) is 2.39. The minimum Gasteiger partial charge on any atom is -0.378 e. The second-order valence-corrected chi connectivity index (χ2v) is 3.70. The van der Waals surface area contributed by atoms with Crippen molar-refractivity contribution in [3.8, 4) is 0 Å². The molecule has 0 amide bonds. The van der Waals surface area contributed by atoms with Gasteiger partial charge in [0.05, 0.1) is 30.1 Å². The number of ether oxygens (including phenoxy) is 1. The summed E-state index contributed by atoms with van der Waals surface area (Å²) in [6.45, 7) is 0.779. The molecule has 0 saturated carbocycles. The van der Waals surface area contributed by atoms with Crippen molar-refractivity contribution in [3.05, 3.63) is 51.7 Å². The summed E-state index contributed by atoms with van der Waals surface area (Å²) < 4.78 is 4.98. The van der Waals surface area contributed by atoms with Crippen LogP contribution >= 0.6 is 0 Å². The average Bonchev–Trinajstić information content (AvgIpc) is 2.73. The van der Waals surface area contributed by atoms with Crippen LogP contribution in [-0.4, -0.2) is 28.5 Å². The van der Waals surface area contributed by atoms with Gasteiger partial charge in [0.25, 0.3) is 5.56 Å². The van der Waals surface area contributed by atoms with Crippen molar-refractivity contribution in [2.45, 2.75) is 13.2 Å². The van der Waals surface area contributed by atoms with Gasteiger partial charge >= 0.3 is 0 Å². The molecule has 2 aromatic heterocycles. The molecule has 2 rings (SSSR count). The highest BCUT2D eigenvalue weighted by Crippen LogP contribution is 2.00. The largest absolute Gasteiger partial charge is 0.378 e. The number of aliphatic imine (C=N–C) groups is 1. The zero-order valence-electron chi connectivity index (χ0n) is 10.0. The van der Waals surface area contributed by atoms with Crippen LogP contribution in [0.1, 0.15) is 17.0 Å². The van der Waals surface area contributed by atoms with Crippen LogP contribution in [-0.2, 0) is 17.9 Å². The Bertz CT molecular complexity index is 571. The molecule has 0 spiro atoms. The van der Waals surface area contributed by atoms with Gasteiger partial charge in [0.1, 0.15) is 0 Å². The Morgan fingerprint density at radius 1 is 1.44 bits per heavy atom. The maximum atomic E-state index is 11.5. The number of aromatic nitrogens is 3. The quantitative estimate of drug-likeness (QED) is 0.768. The lowest BCUT2D eigenvalue weighted by Gasteiger charge is -1.96. The maximum absolute atomic E-state index is 11.5. The molecule has 6 nitrogen and oxygen atoms in total. The Hall–Kier alpha value is -2.21. The summed E-state index contributed by atoms with van der Waals surface area (Å²) in [6.07, 6.45) is 3.25. The zero-order chi connectivity index (χ0) is 12.8. The molecule has 94 valence electrons. The molecule has 2 N–H and O–H groups in total. The fraction of sp³-hybridized carbons (Fsp3) is 0.250. The zero-order valence-corrected chi connectivity index (χ0v) is 10.0. The van der Waals surface area contributed by atoms with Crippen LogP contribution < -0.4 is 5.56 Å². The van der Waals surface area contributed by atoms with Crippen LogP contribution in [0.2, 0.25) is 0 Å². The normalized spacial score (nSPS) is 11.2. The van der Waals surface area contributed by atoms with E-state index in [-0.39, 0.29) is 5.56 Å². The van der Waals surface area contributed by atoms with E-state index >= 15 is 0 Å². The topological polar surface area (TPSA) is 83.1 Å². The van der Waals surface area contributed by atoms with E-state index in [2.05, 4.69) is 20.2 Å². The molecule has 0 fully saturated rings. The molecule has 0 atom stereocenters. The lowest BCUT2D eigenvalue weighted by molar-refractivity contribution is 0.181. The van der Waals surface area contributed by atoms with Crippen molar-refractivity contribution in [1.82, 2.24) is 15.2 Å². The van der Waals surface area contributed by atoms with Gasteiger partial charge in [0.2, 0.25) is 0 Å². The Labute approximate surface area is 104 Å². The SMILES string of the molecule is COCc1[nH][nH]c(=O)c1C=NCc1ccccn1. The molecular formula is C12H14N4O2. The summed E-state index contributed by atoms with van der Waals surface area (Å²) in [5.74, 6) is 0. The number of rotatable bonds is 5. The highest BCUT2D eigenvalue weighted by atomic mass is 16.5. The number of H-pyrrole nitrogens is 2. The van der Waals surface area contributed by atoms with Crippen molar-refractivity contribution in [2.24, 2.45) is 4.99 Å². The summed E-state index contributed by atoms with van der Waals surface area (Å²) in [5.41, 5.74) is 1.83. The molecule has 2 aromatic rings. The van der Waals surface area contributed by atoms with Gasteiger partial charge in [-0.05, 0) is 12.1 Å². The predicted molar refractivity (Wildman–Crippen MR) is 67.7 cm³/mol. The number of nitrogens with zero attached hydrogens (tertiary/aromatic N) is 2. The maximum Gasteiger partial charge on any atom is 0.273 e. The molecule has 0 unspecified atom stereocenters. The molecule has 0 saturated heterocycles. The van der Waals surface area contributed by atoms with Crippen molar-refractivity contribution in [1.29, 1.82) is 0 Å². The van der Waals surface area contributed by atoms with Crippen molar-refractivity contribution in [3.63, 3.8) is 0 Å². The molecule has 18 heavy (non-hydrogen) atoms. The Balaban J connectivity index is 2.09. The molecular weight excluding hydrogens is 232 g/mol. The van der Waals surface area contributed by atoms with E-state index < -0.39 is 0 Å². The van der Waals surface area contributed by atoms with E-state index in [0.717, 1.165) is 5.69 Å². The average molecular weight is 246 g/mol. The first-order valence-corrected chi connectivity index (χ1v) is 5.49. The summed E-state index contributed by atoms with van der Waals surface area (Å²) in [6, 6.07) is 5.63. The minimum absolute atomic E-state index is 0.202. The first-order valence-electron chi connectivity index (χ1n) is 5.49. The first kappa shape index (κ1) is 12.3. The summed E-state index contributed by atoms with van der Waals surface area (Å²) >= 11 is 0. The predicted octanol–water partition coefficient (Wildman–Crippen LogP) is 0.864. The summed E-state index contributed by atoms with van der Waals surface area (Å²) in [7, 11) is 1.57. The molecule has 0 radical (unpaired) electrons. The molecule has 2 heterocycles. The van der Waals surface area contributed by atoms with Crippen molar-refractivity contribution >= 4 is 6.21 Å². The van der Waals surface area contributed by atoms with Gasteiger partial charge in [0.15, 0.2) is 0 Å².